The summed E-state index contributed by atoms with van der Waals surface area (Å²) in [6.07, 6.45) is 0.623. The molecule has 0 spiro atoms. The van der Waals surface area contributed by atoms with Gasteiger partial charge in [-0.2, -0.15) is 0 Å². The zero-order valence-electron chi connectivity index (χ0n) is 14.0. The van der Waals surface area contributed by atoms with Crippen molar-refractivity contribution in [1.82, 2.24) is 4.90 Å². The Balaban J connectivity index is 2.86. The van der Waals surface area contributed by atoms with Gasteiger partial charge in [0.05, 0.1) is 0 Å². The average Bonchev–Trinajstić information content (AvgIpc) is 2.23. The molecule has 0 radical (unpaired) electrons. The van der Waals surface area contributed by atoms with Crippen molar-refractivity contribution in [2.45, 2.75) is 71.6 Å². The Morgan fingerprint density at radius 3 is 2.10 bits per heavy atom. The summed E-state index contributed by atoms with van der Waals surface area (Å²) in [5.74, 6) is -0.408. The third-order valence-corrected chi connectivity index (χ3v) is 2.87. The van der Waals surface area contributed by atoms with E-state index in [0.717, 1.165) is 5.57 Å². The molecule has 1 aliphatic rings. The number of carbonyl (C=O) groups excluding carboxylic acids is 2. The lowest BCUT2D eigenvalue weighted by molar-refractivity contribution is -0.161. The van der Waals surface area contributed by atoms with Crippen molar-refractivity contribution in [3.05, 3.63) is 12.2 Å². The van der Waals surface area contributed by atoms with E-state index in [4.69, 9.17) is 9.47 Å². The van der Waals surface area contributed by atoms with Crippen molar-refractivity contribution in [2.24, 2.45) is 0 Å². The maximum atomic E-state index is 12.3. The standard InChI is InChI=1S/C16H27NO4/c1-11-8-9-17(14(19)21-16(5,6)7)12(10-11)13(18)20-15(2,3)4/h12H,1,8-10H2,2-7H3/t12-/m0/s1. The summed E-state index contributed by atoms with van der Waals surface area (Å²) in [6.45, 7) is 15.2. The van der Waals surface area contributed by atoms with Gasteiger partial charge in [0.1, 0.15) is 17.2 Å². The van der Waals surface area contributed by atoms with E-state index in [2.05, 4.69) is 6.58 Å². The lowest BCUT2D eigenvalue weighted by Crippen LogP contribution is -2.51. The maximum Gasteiger partial charge on any atom is 0.411 e. The predicted molar refractivity (Wildman–Crippen MR) is 80.9 cm³/mol. The molecule has 0 aliphatic carbocycles. The van der Waals surface area contributed by atoms with Gasteiger partial charge in [0.25, 0.3) is 0 Å². The molecule has 5 nitrogen and oxygen atoms in total. The van der Waals surface area contributed by atoms with E-state index >= 15 is 0 Å². The summed E-state index contributed by atoms with van der Waals surface area (Å²) in [5.41, 5.74) is -0.231. The number of likely N-dealkylation sites (tertiary alicyclic amines) is 1. The summed E-state index contributed by atoms with van der Waals surface area (Å²) in [7, 11) is 0. The van der Waals surface area contributed by atoms with Crippen LogP contribution in [0.15, 0.2) is 12.2 Å². The summed E-state index contributed by atoms with van der Waals surface area (Å²) in [6, 6.07) is -0.652. The molecule has 1 aliphatic heterocycles. The van der Waals surface area contributed by atoms with E-state index in [-0.39, 0.29) is 0 Å². The SMILES string of the molecule is C=C1CCN(C(=O)OC(C)(C)C)[C@H](C(=O)OC(C)(C)C)C1. The van der Waals surface area contributed by atoms with Crippen LogP contribution in [0.3, 0.4) is 0 Å². The van der Waals surface area contributed by atoms with Crippen LogP contribution in [0.2, 0.25) is 0 Å². The van der Waals surface area contributed by atoms with Gasteiger partial charge in [-0.1, -0.05) is 12.2 Å². The highest BCUT2D eigenvalue weighted by Crippen LogP contribution is 2.25. The molecule has 120 valence electrons. The van der Waals surface area contributed by atoms with Crippen LogP contribution >= 0.6 is 0 Å². The molecule has 1 saturated heterocycles. The largest absolute Gasteiger partial charge is 0.458 e. The molecule has 1 fully saturated rings. The third-order valence-electron chi connectivity index (χ3n) is 2.87. The fraction of sp³-hybridized carbons (Fsp3) is 0.750. The fourth-order valence-electron chi connectivity index (χ4n) is 2.04. The van der Waals surface area contributed by atoms with E-state index in [1.807, 2.05) is 0 Å². The molecule has 0 unspecified atom stereocenters. The Kier molecular flexibility index (Phi) is 5.07. The average molecular weight is 297 g/mol. The van der Waals surface area contributed by atoms with Crippen molar-refractivity contribution in [3.63, 3.8) is 0 Å². The van der Waals surface area contributed by atoms with Gasteiger partial charge in [-0.15, -0.1) is 0 Å². The minimum absolute atomic E-state index is 0.408. The fourth-order valence-corrected chi connectivity index (χ4v) is 2.04. The molecule has 0 bridgehead atoms. The Morgan fingerprint density at radius 2 is 1.62 bits per heavy atom. The summed E-state index contributed by atoms with van der Waals surface area (Å²) in [5, 5.41) is 0. The first-order chi connectivity index (χ1) is 9.39. The lowest BCUT2D eigenvalue weighted by Gasteiger charge is -2.37. The van der Waals surface area contributed by atoms with Gasteiger partial charge in [0.2, 0.25) is 0 Å². The van der Waals surface area contributed by atoms with Gasteiger partial charge in [-0.3, -0.25) is 4.90 Å². The Labute approximate surface area is 127 Å². The topological polar surface area (TPSA) is 55.8 Å². The number of amides is 1. The zero-order valence-corrected chi connectivity index (χ0v) is 14.0. The highest BCUT2D eigenvalue weighted by atomic mass is 16.6. The second-order valence-corrected chi connectivity index (χ2v) is 7.43. The van der Waals surface area contributed by atoms with Crippen molar-refractivity contribution >= 4 is 12.1 Å². The molecule has 1 heterocycles. The van der Waals surface area contributed by atoms with Crippen LogP contribution in [0.5, 0.6) is 0 Å². The number of hydrogen-bond donors (Lipinski definition) is 0. The zero-order chi connectivity index (χ0) is 16.4. The van der Waals surface area contributed by atoms with Crippen molar-refractivity contribution in [2.75, 3.05) is 6.54 Å². The van der Waals surface area contributed by atoms with Crippen LogP contribution in [-0.4, -0.2) is 40.8 Å². The van der Waals surface area contributed by atoms with Crippen LogP contribution in [0.4, 0.5) is 4.79 Å². The third kappa shape index (κ3) is 5.78. The van der Waals surface area contributed by atoms with E-state index in [9.17, 15) is 9.59 Å². The minimum Gasteiger partial charge on any atom is -0.458 e. The first kappa shape index (κ1) is 17.5. The second-order valence-electron chi connectivity index (χ2n) is 7.43. The van der Waals surface area contributed by atoms with Crippen LogP contribution in [0, 0.1) is 0 Å². The highest BCUT2D eigenvalue weighted by molar-refractivity contribution is 5.82. The minimum atomic E-state index is -0.652. The molecule has 1 rings (SSSR count). The second kappa shape index (κ2) is 6.08. The predicted octanol–water partition coefficient (Wildman–Crippen LogP) is 3.28. The van der Waals surface area contributed by atoms with Gasteiger partial charge in [0.15, 0.2) is 0 Å². The first-order valence-electron chi connectivity index (χ1n) is 7.28. The van der Waals surface area contributed by atoms with Crippen LogP contribution in [0.25, 0.3) is 0 Å². The summed E-state index contributed by atoms with van der Waals surface area (Å²) < 4.78 is 10.8. The van der Waals surface area contributed by atoms with Gasteiger partial charge in [-0.25, -0.2) is 9.59 Å². The molecule has 0 saturated carbocycles. The Bertz CT molecular complexity index is 429. The molecule has 1 atom stereocenters. The lowest BCUT2D eigenvalue weighted by atomic mass is 9.98. The Hall–Kier alpha value is -1.52. The summed E-state index contributed by atoms with van der Waals surface area (Å²) in [4.78, 5) is 26.0. The van der Waals surface area contributed by atoms with E-state index in [1.165, 1.54) is 4.90 Å². The number of ether oxygens (including phenoxy) is 2. The normalized spacial score (nSPS) is 20.2. The Morgan fingerprint density at radius 1 is 1.10 bits per heavy atom. The van der Waals surface area contributed by atoms with E-state index in [1.54, 1.807) is 41.5 Å². The van der Waals surface area contributed by atoms with Gasteiger partial charge < -0.3 is 9.47 Å². The monoisotopic (exact) mass is 297 g/mol. The maximum absolute atomic E-state index is 12.3. The summed E-state index contributed by atoms with van der Waals surface area (Å²) >= 11 is 0. The molecule has 1 amide bonds. The molecule has 5 heteroatoms. The number of piperidine rings is 1. The molecule has 0 aromatic heterocycles. The van der Waals surface area contributed by atoms with Crippen LogP contribution in [0.1, 0.15) is 54.4 Å². The number of rotatable bonds is 1. The highest BCUT2D eigenvalue weighted by Gasteiger charge is 2.38. The van der Waals surface area contributed by atoms with Gasteiger partial charge >= 0.3 is 12.1 Å². The van der Waals surface area contributed by atoms with Gasteiger partial charge in [-0.05, 0) is 54.4 Å². The van der Waals surface area contributed by atoms with Crippen molar-refractivity contribution in [1.29, 1.82) is 0 Å². The van der Waals surface area contributed by atoms with Crippen molar-refractivity contribution in [3.8, 4) is 0 Å². The first-order valence-corrected chi connectivity index (χ1v) is 7.28. The van der Waals surface area contributed by atoms with Gasteiger partial charge in [0, 0.05) is 6.54 Å². The number of esters is 1. The molecule has 0 aromatic rings. The van der Waals surface area contributed by atoms with E-state index in [0.29, 0.717) is 19.4 Å². The smallest absolute Gasteiger partial charge is 0.411 e. The molecule has 21 heavy (non-hydrogen) atoms. The van der Waals surface area contributed by atoms with Crippen LogP contribution in [-0.2, 0) is 14.3 Å². The van der Waals surface area contributed by atoms with Crippen LogP contribution < -0.4 is 0 Å². The number of nitrogens with zero attached hydrogens (tertiary/aromatic N) is 1. The molecule has 0 N–H and O–H groups in total. The molecular weight excluding hydrogens is 270 g/mol. The van der Waals surface area contributed by atoms with E-state index < -0.39 is 29.3 Å². The quantitative estimate of drug-likeness (QED) is 0.550. The molecular formula is C16H27NO4. The number of carbonyl (C=O) groups is 2. The number of hydrogen-bond acceptors (Lipinski definition) is 4. The molecule has 0 aromatic carbocycles. The van der Waals surface area contributed by atoms with Crippen molar-refractivity contribution < 1.29 is 19.1 Å².